The summed E-state index contributed by atoms with van der Waals surface area (Å²) >= 11 is 0. The molecule has 2 aromatic carbocycles. The lowest BCUT2D eigenvalue weighted by molar-refractivity contribution is 0.101. The van der Waals surface area contributed by atoms with Crippen LogP contribution in [0.5, 0.6) is 0 Å². The Bertz CT molecular complexity index is 734. The number of anilines is 1. The number of carbonyl (C=O) groups is 1. The molecule has 0 fully saturated rings. The number of aryl methyl sites for hydroxylation is 1. The molecule has 1 N–H and O–H groups in total. The van der Waals surface area contributed by atoms with Crippen molar-refractivity contribution in [2.45, 2.75) is 18.7 Å². The van der Waals surface area contributed by atoms with E-state index in [-0.39, 0.29) is 10.7 Å². The number of hydrogen-bond donors (Lipinski definition) is 1. The number of hydrogen-bond acceptors (Lipinski definition) is 3. The predicted octanol–water partition coefficient (Wildman–Crippen LogP) is 3.00. The summed E-state index contributed by atoms with van der Waals surface area (Å²) in [5.41, 5.74) is 1.87. The maximum absolute atomic E-state index is 12.2. The zero-order valence-corrected chi connectivity index (χ0v) is 12.1. The molecule has 5 heteroatoms. The van der Waals surface area contributed by atoms with E-state index in [1.54, 1.807) is 12.1 Å². The molecule has 0 aliphatic carbocycles. The summed E-state index contributed by atoms with van der Waals surface area (Å²) in [5, 5.41) is 0. The molecule has 0 heterocycles. The third-order valence-corrected chi connectivity index (χ3v) is 4.34. The average molecular weight is 289 g/mol. The van der Waals surface area contributed by atoms with Crippen molar-refractivity contribution >= 4 is 21.5 Å². The van der Waals surface area contributed by atoms with E-state index in [1.165, 1.54) is 31.2 Å². The highest BCUT2D eigenvalue weighted by Gasteiger charge is 2.15. The van der Waals surface area contributed by atoms with Crippen LogP contribution >= 0.6 is 0 Å². The van der Waals surface area contributed by atoms with Gasteiger partial charge in [-0.15, -0.1) is 0 Å². The lowest BCUT2D eigenvalue weighted by Crippen LogP contribution is -2.13. The standard InChI is InChI=1S/C15H15NO3S/c1-11-5-3-4-6-15(11)16-20(18,19)14-9-7-13(8-10-14)12(2)17/h3-10,16H,1-2H3. The van der Waals surface area contributed by atoms with Gasteiger partial charge in [0.2, 0.25) is 0 Å². The van der Waals surface area contributed by atoms with Gasteiger partial charge in [-0.05, 0) is 37.6 Å². The highest BCUT2D eigenvalue weighted by molar-refractivity contribution is 7.92. The number of carbonyl (C=O) groups excluding carboxylic acids is 1. The SMILES string of the molecule is CC(=O)c1ccc(S(=O)(=O)Nc2ccccc2C)cc1. The lowest BCUT2D eigenvalue weighted by Gasteiger charge is -2.10. The van der Waals surface area contributed by atoms with E-state index in [1.807, 2.05) is 19.1 Å². The molecular formula is C15H15NO3S. The van der Waals surface area contributed by atoms with E-state index in [0.29, 0.717) is 11.3 Å². The van der Waals surface area contributed by atoms with Gasteiger partial charge in [0.1, 0.15) is 0 Å². The Balaban J connectivity index is 2.31. The number of nitrogens with one attached hydrogen (secondary N) is 1. The Morgan fingerprint density at radius 3 is 2.15 bits per heavy atom. The van der Waals surface area contributed by atoms with Crippen molar-refractivity contribution in [1.82, 2.24) is 0 Å². The Morgan fingerprint density at radius 1 is 1.00 bits per heavy atom. The molecule has 0 atom stereocenters. The zero-order chi connectivity index (χ0) is 14.8. The topological polar surface area (TPSA) is 63.2 Å². The molecule has 0 aromatic heterocycles. The second-order valence-corrected chi connectivity index (χ2v) is 6.18. The van der Waals surface area contributed by atoms with E-state index < -0.39 is 10.0 Å². The normalized spacial score (nSPS) is 11.1. The van der Waals surface area contributed by atoms with E-state index in [4.69, 9.17) is 0 Å². The Hall–Kier alpha value is -2.14. The first-order chi connectivity index (χ1) is 9.40. The maximum atomic E-state index is 12.2. The van der Waals surface area contributed by atoms with E-state index >= 15 is 0 Å². The van der Waals surface area contributed by atoms with E-state index in [2.05, 4.69) is 4.72 Å². The summed E-state index contributed by atoms with van der Waals surface area (Å²) in [4.78, 5) is 11.3. The number of para-hydroxylation sites is 1. The number of benzene rings is 2. The highest BCUT2D eigenvalue weighted by atomic mass is 32.2. The summed E-state index contributed by atoms with van der Waals surface area (Å²) < 4.78 is 27.0. The average Bonchev–Trinajstić information content (AvgIpc) is 2.41. The Morgan fingerprint density at radius 2 is 1.60 bits per heavy atom. The number of ketones is 1. The first kappa shape index (κ1) is 14.3. The van der Waals surface area contributed by atoms with Gasteiger partial charge in [0.25, 0.3) is 10.0 Å². The van der Waals surface area contributed by atoms with Crippen molar-refractivity contribution in [3.8, 4) is 0 Å². The van der Waals surface area contributed by atoms with Gasteiger partial charge in [0, 0.05) is 5.56 Å². The molecule has 0 amide bonds. The molecule has 0 unspecified atom stereocenters. The minimum atomic E-state index is -3.64. The van der Waals surface area contributed by atoms with Crippen LogP contribution in [0.4, 0.5) is 5.69 Å². The van der Waals surface area contributed by atoms with Gasteiger partial charge in [-0.1, -0.05) is 30.3 Å². The highest BCUT2D eigenvalue weighted by Crippen LogP contribution is 2.19. The molecule has 0 aliphatic heterocycles. The largest absolute Gasteiger partial charge is 0.295 e. The molecule has 2 aromatic rings. The smallest absolute Gasteiger partial charge is 0.261 e. The first-order valence-electron chi connectivity index (χ1n) is 6.09. The van der Waals surface area contributed by atoms with Gasteiger partial charge in [-0.3, -0.25) is 9.52 Å². The van der Waals surface area contributed by atoms with Crippen molar-refractivity contribution < 1.29 is 13.2 Å². The van der Waals surface area contributed by atoms with E-state index in [9.17, 15) is 13.2 Å². The predicted molar refractivity (Wildman–Crippen MR) is 78.4 cm³/mol. The quantitative estimate of drug-likeness (QED) is 0.880. The van der Waals surface area contributed by atoms with Gasteiger partial charge < -0.3 is 0 Å². The van der Waals surface area contributed by atoms with Crippen LogP contribution in [0.15, 0.2) is 53.4 Å². The summed E-state index contributed by atoms with van der Waals surface area (Å²) in [6.45, 7) is 3.27. The summed E-state index contributed by atoms with van der Waals surface area (Å²) in [6, 6.07) is 13.0. The van der Waals surface area contributed by atoms with Crippen LogP contribution in [0.25, 0.3) is 0 Å². The second-order valence-electron chi connectivity index (χ2n) is 4.50. The molecular weight excluding hydrogens is 274 g/mol. The molecule has 0 aliphatic rings. The van der Waals surface area contributed by atoms with Gasteiger partial charge in [0.15, 0.2) is 5.78 Å². The van der Waals surface area contributed by atoms with Crippen molar-refractivity contribution in [1.29, 1.82) is 0 Å². The summed E-state index contributed by atoms with van der Waals surface area (Å²) in [5.74, 6) is -0.0965. The van der Waals surface area contributed by atoms with Crippen LogP contribution in [0.2, 0.25) is 0 Å². The van der Waals surface area contributed by atoms with Gasteiger partial charge in [-0.2, -0.15) is 0 Å². The van der Waals surface area contributed by atoms with E-state index in [0.717, 1.165) is 5.56 Å². The molecule has 0 saturated carbocycles. The molecule has 0 bridgehead atoms. The van der Waals surface area contributed by atoms with Crippen LogP contribution in [0, 0.1) is 6.92 Å². The fraction of sp³-hybridized carbons (Fsp3) is 0.133. The molecule has 0 spiro atoms. The Kier molecular flexibility index (Phi) is 3.90. The van der Waals surface area contributed by atoms with Crippen LogP contribution < -0.4 is 4.72 Å². The fourth-order valence-electron chi connectivity index (χ4n) is 1.76. The first-order valence-corrected chi connectivity index (χ1v) is 7.58. The van der Waals surface area contributed by atoms with Gasteiger partial charge in [0.05, 0.1) is 10.6 Å². The number of Topliss-reactive ketones (excluding diaryl/α,β-unsaturated/α-hetero) is 1. The second kappa shape index (κ2) is 5.46. The summed E-state index contributed by atoms with van der Waals surface area (Å²) in [6.07, 6.45) is 0. The summed E-state index contributed by atoms with van der Waals surface area (Å²) in [7, 11) is -3.64. The third kappa shape index (κ3) is 3.05. The van der Waals surface area contributed by atoms with Crippen molar-refractivity contribution in [2.24, 2.45) is 0 Å². The van der Waals surface area contributed by atoms with Crippen molar-refractivity contribution in [3.05, 3.63) is 59.7 Å². The Labute approximate surface area is 118 Å². The van der Waals surface area contributed by atoms with Crippen LogP contribution in [0.3, 0.4) is 0 Å². The fourth-order valence-corrected chi connectivity index (χ4v) is 2.89. The minimum absolute atomic E-state index is 0.0965. The number of sulfonamides is 1. The molecule has 20 heavy (non-hydrogen) atoms. The molecule has 2 rings (SSSR count). The third-order valence-electron chi connectivity index (χ3n) is 2.96. The van der Waals surface area contributed by atoms with Crippen LogP contribution in [0.1, 0.15) is 22.8 Å². The van der Waals surface area contributed by atoms with Gasteiger partial charge in [-0.25, -0.2) is 8.42 Å². The molecule has 0 radical (unpaired) electrons. The molecule has 104 valence electrons. The number of rotatable bonds is 4. The lowest BCUT2D eigenvalue weighted by atomic mass is 10.2. The van der Waals surface area contributed by atoms with Crippen LogP contribution in [-0.4, -0.2) is 14.2 Å². The molecule has 0 saturated heterocycles. The van der Waals surface area contributed by atoms with Crippen LogP contribution in [-0.2, 0) is 10.0 Å². The minimum Gasteiger partial charge on any atom is -0.295 e. The molecule has 4 nitrogen and oxygen atoms in total. The maximum Gasteiger partial charge on any atom is 0.261 e. The van der Waals surface area contributed by atoms with Gasteiger partial charge >= 0.3 is 0 Å². The zero-order valence-electron chi connectivity index (χ0n) is 11.3. The van der Waals surface area contributed by atoms with Crippen molar-refractivity contribution in [2.75, 3.05) is 4.72 Å². The monoisotopic (exact) mass is 289 g/mol. The van der Waals surface area contributed by atoms with Crippen molar-refractivity contribution in [3.63, 3.8) is 0 Å².